The first-order chi connectivity index (χ1) is 14.8. The van der Waals surface area contributed by atoms with Gasteiger partial charge in [0, 0.05) is 11.1 Å². The summed E-state index contributed by atoms with van der Waals surface area (Å²) in [5, 5.41) is 3.44. The number of hydrogen-bond donors (Lipinski definition) is 1. The average molecular weight is 422 g/mol. The summed E-state index contributed by atoms with van der Waals surface area (Å²) in [5.74, 6) is -0.482. The summed E-state index contributed by atoms with van der Waals surface area (Å²) in [4.78, 5) is 17.2. The van der Waals surface area contributed by atoms with E-state index < -0.39 is 17.6 Å². The zero-order valence-corrected chi connectivity index (χ0v) is 16.4. The van der Waals surface area contributed by atoms with Gasteiger partial charge in [-0.25, -0.2) is 4.99 Å². The van der Waals surface area contributed by atoms with Gasteiger partial charge in [0.1, 0.15) is 11.1 Å². The van der Waals surface area contributed by atoms with E-state index in [0.717, 1.165) is 17.7 Å². The minimum absolute atomic E-state index is 0.0262. The van der Waals surface area contributed by atoms with Gasteiger partial charge in [-0.1, -0.05) is 42.0 Å². The zero-order chi connectivity index (χ0) is 22.0. The number of aryl methyl sites for hydroxylation is 1. The molecule has 0 radical (unpaired) electrons. The highest BCUT2D eigenvalue weighted by Crippen LogP contribution is 2.31. The molecule has 1 aromatic heterocycles. The molecular formula is C24H17F3N2O2. The second kappa shape index (κ2) is 8.10. The molecule has 156 valence electrons. The Morgan fingerprint density at radius 2 is 1.68 bits per heavy atom. The molecule has 0 atom stereocenters. The van der Waals surface area contributed by atoms with Gasteiger partial charge in [-0.15, -0.1) is 0 Å². The Kier molecular flexibility index (Phi) is 5.33. The van der Waals surface area contributed by atoms with Crippen molar-refractivity contribution in [1.82, 2.24) is 0 Å². The van der Waals surface area contributed by atoms with Gasteiger partial charge >= 0.3 is 6.18 Å². The number of amides is 1. The Morgan fingerprint density at radius 1 is 0.935 bits per heavy atom. The average Bonchev–Trinajstić information content (AvgIpc) is 2.74. The van der Waals surface area contributed by atoms with Crippen LogP contribution >= 0.6 is 0 Å². The number of rotatable bonds is 3. The van der Waals surface area contributed by atoms with E-state index in [1.807, 2.05) is 19.1 Å². The molecule has 0 fully saturated rings. The molecular weight excluding hydrogens is 405 g/mol. The van der Waals surface area contributed by atoms with E-state index in [2.05, 4.69) is 10.3 Å². The van der Waals surface area contributed by atoms with Crippen molar-refractivity contribution in [3.63, 3.8) is 0 Å². The lowest BCUT2D eigenvalue weighted by Gasteiger charge is -2.08. The van der Waals surface area contributed by atoms with Crippen molar-refractivity contribution in [2.75, 3.05) is 5.32 Å². The first kappa shape index (κ1) is 20.4. The monoisotopic (exact) mass is 422 g/mol. The fourth-order valence-corrected chi connectivity index (χ4v) is 3.02. The number of carbonyl (C=O) groups excluding carboxylic acids is 1. The molecule has 31 heavy (non-hydrogen) atoms. The van der Waals surface area contributed by atoms with Gasteiger partial charge in [0.2, 0.25) is 5.55 Å². The molecule has 4 aromatic rings. The third-order valence-electron chi connectivity index (χ3n) is 4.61. The molecule has 0 aliphatic heterocycles. The largest absolute Gasteiger partial charge is 0.438 e. The van der Waals surface area contributed by atoms with E-state index in [1.165, 1.54) is 12.1 Å². The SMILES string of the molecule is Cc1ccc(NC(=O)c2cc3ccccc3oc2=Nc2cccc(C(F)(F)F)c2)cc1. The molecule has 0 aliphatic carbocycles. The first-order valence-electron chi connectivity index (χ1n) is 9.42. The number of nitrogens with one attached hydrogen (secondary N) is 1. The lowest BCUT2D eigenvalue weighted by molar-refractivity contribution is -0.137. The van der Waals surface area contributed by atoms with Gasteiger partial charge in [0.25, 0.3) is 5.91 Å². The normalized spacial score (nSPS) is 12.2. The number of benzene rings is 3. The lowest BCUT2D eigenvalue weighted by atomic mass is 10.1. The van der Waals surface area contributed by atoms with Crippen molar-refractivity contribution in [2.24, 2.45) is 4.99 Å². The summed E-state index contributed by atoms with van der Waals surface area (Å²) in [6.07, 6.45) is -4.50. The maximum Gasteiger partial charge on any atom is 0.416 e. The van der Waals surface area contributed by atoms with Gasteiger partial charge < -0.3 is 9.73 Å². The fourth-order valence-electron chi connectivity index (χ4n) is 3.02. The van der Waals surface area contributed by atoms with E-state index >= 15 is 0 Å². The van der Waals surface area contributed by atoms with Crippen molar-refractivity contribution in [2.45, 2.75) is 13.1 Å². The second-order valence-corrected chi connectivity index (χ2v) is 6.98. The predicted octanol–water partition coefficient (Wildman–Crippen LogP) is 6.24. The summed E-state index contributed by atoms with van der Waals surface area (Å²) >= 11 is 0. The van der Waals surface area contributed by atoms with E-state index in [9.17, 15) is 18.0 Å². The van der Waals surface area contributed by atoms with Crippen molar-refractivity contribution in [3.8, 4) is 0 Å². The Bertz CT molecular complexity index is 1320. The molecule has 1 heterocycles. The molecule has 1 N–H and O–H groups in total. The molecule has 4 rings (SSSR count). The van der Waals surface area contributed by atoms with Crippen LogP contribution in [0, 0.1) is 6.92 Å². The third-order valence-corrected chi connectivity index (χ3v) is 4.61. The first-order valence-corrected chi connectivity index (χ1v) is 9.42. The van der Waals surface area contributed by atoms with Crippen LogP contribution in [0.15, 0.2) is 88.3 Å². The van der Waals surface area contributed by atoms with Gasteiger partial charge in [0.15, 0.2) is 0 Å². The maximum absolute atomic E-state index is 13.1. The van der Waals surface area contributed by atoms with E-state index in [1.54, 1.807) is 42.5 Å². The summed E-state index contributed by atoms with van der Waals surface area (Å²) in [5.41, 5.74) is 1.30. The predicted molar refractivity (Wildman–Crippen MR) is 112 cm³/mol. The van der Waals surface area contributed by atoms with Crippen LogP contribution in [-0.2, 0) is 6.18 Å². The lowest BCUT2D eigenvalue weighted by Crippen LogP contribution is -2.21. The Hall–Kier alpha value is -3.87. The number of anilines is 1. The highest BCUT2D eigenvalue weighted by Gasteiger charge is 2.30. The van der Waals surface area contributed by atoms with E-state index in [4.69, 9.17) is 4.42 Å². The Morgan fingerprint density at radius 3 is 2.42 bits per heavy atom. The van der Waals surface area contributed by atoms with Gasteiger partial charge in [0.05, 0.1) is 11.3 Å². The standard InChI is InChI=1S/C24H17F3N2O2/c1-15-9-11-18(12-10-15)28-22(30)20-13-16-5-2-3-8-21(16)31-23(20)29-19-7-4-6-17(14-19)24(25,26)27/h2-14H,1H3,(H,28,30). The smallest absolute Gasteiger partial charge is 0.416 e. The topological polar surface area (TPSA) is 54.6 Å². The summed E-state index contributed by atoms with van der Waals surface area (Å²) < 4.78 is 45.0. The van der Waals surface area contributed by atoms with Gasteiger partial charge in [-0.3, -0.25) is 4.79 Å². The molecule has 0 unspecified atom stereocenters. The van der Waals surface area contributed by atoms with Crippen molar-refractivity contribution >= 4 is 28.3 Å². The number of carbonyl (C=O) groups is 1. The molecule has 0 saturated heterocycles. The quantitative estimate of drug-likeness (QED) is 0.425. The Labute approximate surface area is 175 Å². The number of fused-ring (bicyclic) bond motifs is 1. The number of para-hydroxylation sites is 1. The van der Waals surface area contributed by atoms with Gasteiger partial charge in [-0.2, -0.15) is 13.2 Å². The van der Waals surface area contributed by atoms with Crippen LogP contribution in [0.2, 0.25) is 0 Å². The molecule has 7 heteroatoms. The van der Waals surface area contributed by atoms with Crippen LogP contribution in [0.25, 0.3) is 11.0 Å². The molecule has 4 nitrogen and oxygen atoms in total. The molecule has 0 spiro atoms. The van der Waals surface area contributed by atoms with E-state index in [0.29, 0.717) is 16.7 Å². The van der Waals surface area contributed by atoms with E-state index in [-0.39, 0.29) is 16.8 Å². The molecule has 0 saturated carbocycles. The minimum atomic E-state index is -4.50. The number of hydrogen-bond acceptors (Lipinski definition) is 3. The molecule has 0 aliphatic rings. The van der Waals surface area contributed by atoms with Crippen molar-refractivity contribution in [1.29, 1.82) is 0 Å². The Balaban J connectivity index is 1.83. The van der Waals surface area contributed by atoms with Crippen LogP contribution in [-0.4, -0.2) is 5.91 Å². The van der Waals surface area contributed by atoms with Crippen LogP contribution < -0.4 is 10.9 Å². The zero-order valence-electron chi connectivity index (χ0n) is 16.4. The fraction of sp³-hybridized carbons (Fsp3) is 0.0833. The summed E-state index contributed by atoms with van der Waals surface area (Å²) in [7, 11) is 0. The van der Waals surface area contributed by atoms with Crippen molar-refractivity contribution < 1.29 is 22.4 Å². The number of halogens is 3. The maximum atomic E-state index is 13.1. The summed E-state index contributed by atoms with van der Waals surface area (Å²) in [6, 6.07) is 20.4. The molecule has 3 aromatic carbocycles. The summed E-state index contributed by atoms with van der Waals surface area (Å²) in [6.45, 7) is 1.93. The molecule has 0 bridgehead atoms. The minimum Gasteiger partial charge on any atom is -0.438 e. The van der Waals surface area contributed by atoms with Crippen LogP contribution in [0.5, 0.6) is 0 Å². The number of nitrogens with zero attached hydrogens (tertiary/aromatic N) is 1. The van der Waals surface area contributed by atoms with Crippen LogP contribution in [0.1, 0.15) is 21.5 Å². The van der Waals surface area contributed by atoms with Gasteiger partial charge in [-0.05, 0) is 49.4 Å². The highest BCUT2D eigenvalue weighted by molar-refractivity contribution is 6.05. The van der Waals surface area contributed by atoms with Crippen LogP contribution in [0.3, 0.4) is 0 Å². The van der Waals surface area contributed by atoms with Crippen LogP contribution in [0.4, 0.5) is 24.5 Å². The highest BCUT2D eigenvalue weighted by atomic mass is 19.4. The number of alkyl halides is 3. The molecule has 1 amide bonds. The second-order valence-electron chi connectivity index (χ2n) is 6.98. The third kappa shape index (κ3) is 4.66. The van der Waals surface area contributed by atoms with Crippen molar-refractivity contribution in [3.05, 3.63) is 101 Å².